The average molecular weight is 204 g/mol. The normalized spacial score (nSPS) is 11.7. The molecule has 0 saturated heterocycles. The molecule has 1 N–H and O–H groups in total. The zero-order valence-electron chi connectivity index (χ0n) is 9.99. The van der Waals surface area contributed by atoms with Gasteiger partial charge in [0.25, 0.3) is 0 Å². The third-order valence-electron chi connectivity index (χ3n) is 1.95. The maximum absolute atomic E-state index is 2.20. The van der Waals surface area contributed by atoms with Crippen LogP contribution in [-0.4, -0.2) is 39.0 Å². The molecule has 0 heterocycles. The van der Waals surface area contributed by atoms with Crippen LogP contribution in [0.25, 0.3) is 5.57 Å². The molecule has 15 heavy (non-hydrogen) atoms. The van der Waals surface area contributed by atoms with Crippen molar-refractivity contribution < 1.29 is 9.48 Å². The van der Waals surface area contributed by atoms with Gasteiger partial charge in [-0.1, -0.05) is 30.3 Å². The second-order valence-electron chi connectivity index (χ2n) is 4.14. The smallest absolute Gasteiger partial charge is 0.176 e. The van der Waals surface area contributed by atoms with Gasteiger partial charge < -0.3 is 4.90 Å². The van der Waals surface area contributed by atoms with Crippen molar-refractivity contribution in [2.24, 2.45) is 0 Å². The van der Waals surface area contributed by atoms with Crippen molar-refractivity contribution in [1.29, 1.82) is 0 Å². The highest BCUT2D eigenvalue weighted by Gasteiger charge is 2.04. The molecule has 0 unspecified atom stereocenters. The van der Waals surface area contributed by atoms with Crippen LogP contribution in [0.2, 0.25) is 0 Å². The number of rotatable bonds is 3. The van der Waals surface area contributed by atoms with Gasteiger partial charge in [-0.2, -0.15) is 0 Å². The predicted molar refractivity (Wildman–Crippen MR) is 65.4 cm³/mol. The molecule has 1 aromatic rings. The van der Waals surface area contributed by atoms with Gasteiger partial charge in [-0.25, -0.2) is 4.58 Å². The van der Waals surface area contributed by atoms with Crippen molar-refractivity contribution in [1.82, 2.24) is 0 Å². The third kappa shape index (κ3) is 4.09. The summed E-state index contributed by atoms with van der Waals surface area (Å²) in [6.45, 7) is 0. The Morgan fingerprint density at radius 2 is 1.73 bits per heavy atom. The van der Waals surface area contributed by atoms with Gasteiger partial charge in [-0.3, -0.25) is 0 Å². The first kappa shape index (κ1) is 11.7. The van der Waals surface area contributed by atoms with Gasteiger partial charge in [-0.05, 0) is 5.56 Å². The summed E-state index contributed by atoms with van der Waals surface area (Å²) in [6.07, 6.45) is 4.34. The highest BCUT2D eigenvalue weighted by Crippen LogP contribution is 2.09. The lowest BCUT2D eigenvalue weighted by atomic mass is 10.1. The van der Waals surface area contributed by atoms with Crippen molar-refractivity contribution >= 4 is 11.8 Å². The summed E-state index contributed by atoms with van der Waals surface area (Å²) in [5.41, 5.74) is 2.51. The van der Waals surface area contributed by atoms with E-state index in [0.717, 1.165) is 0 Å². The maximum atomic E-state index is 2.20. The Morgan fingerprint density at radius 1 is 1.13 bits per heavy atom. The molecule has 0 aliphatic rings. The summed E-state index contributed by atoms with van der Waals surface area (Å²) in [5, 5.41) is 0. The van der Waals surface area contributed by atoms with Crippen LogP contribution >= 0.6 is 0 Å². The summed E-state index contributed by atoms with van der Waals surface area (Å²) < 4.78 is 2.07. The quantitative estimate of drug-likeness (QED) is 0.542. The van der Waals surface area contributed by atoms with Crippen molar-refractivity contribution in [2.45, 2.75) is 0 Å². The topological polar surface area (TPSA) is 7.45 Å². The van der Waals surface area contributed by atoms with Crippen LogP contribution in [0.4, 0.5) is 0 Å². The van der Waals surface area contributed by atoms with Crippen LogP contribution in [0, 0.1) is 0 Å². The molecule has 0 saturated carbocycles. The molecular formula is C13H20N2+2. The van der Waals surface area contributed by atoms with Crippen LogP contribution in [-0.2, 0) is 0 Å². The lowest BCUT2D eigenvalue weighted by Crippen LogP contribution is -3.00. The summed E-state index contributed by atoms with van der Waals surface area (Å²) >= 11 is 0. The highest BCUT2D eigenvalue weighted by atomic mass is 15.0. The van der Waals surface area contributed by atoms with Gasteiger partial charge in [0.2, 0.25) is 0 Å². The molecule has 2 nitrogen and oxygen atoms in total. The molecule has 0 atom stereocenters. The minimum absolute atomic E-state index is 1.25. The molecule has 0 aliphatic carbocycles. The first-order chi connectivity index (χ1) is 7.09. The zero-order valence-corrected chi connectivity index (χ0v) is 9.99. The Labute approximate surface area is 92.2 Å². The van der Waals surface area contributed by atoms with Gasteiger partial charge in [-0.15, -0.1) is 0 Å². The van der Waals surface area contributed by atoms with Crippen molar-refractivity contribution in [3.05, 3.63) is 42.1 Å². The molecule has 0 aliphatic heterocycles. The fraction of sp³-hybridized carbons (Fsp3) is 0.308. The van der Waals surface area contributed by atoms with Gasteiger partial charge in [0.15, 0.2) is 6.21 Å². The number of allylic oxidation sites excluding steroid dienone is 1. The fourth-order valence-corrected chi connectivity index (χ4v) is 1.41. The van der Waals surface area contributed by atoms with E-state index in [4.69, 9.17) is 0 Å². The highest BCUT2D eigenvalue weighted by molar-refractivity contribution is 6.06. The van der Waals surface area contributed by atoms with Gasteiger partial charge in [0.1, 0.15) is 20.3 Å². The lowest BCUT2D eigenvalue weighted by Gasteiger charge is -2.03. The molecule has 1 aromatic carbocycles. The molecule has 80 valence electrons. The molecular weight excluding hydrogens is 184 g/mol. The standard InChI is InChI=1S/C13H19N2/c1-14(2)10-13(11-15(3)4)12-8-6-5-7-9-12/h5-11H,1-4H3/q+1/p+1. The minimum Gasteiger partial charge on any atom is -0.313 e. The Balaban J connectivity index is 3.08. The van der Waals surface area contributed by atoms with E-state index in [-0.39, 0.29) is 0 Å². The van der Waals surface area contributed by atoms with Crippen LogP contribution in [0.15, 0.2) is 36.5 Å². The average Bonchev–Trinajstić information content (AvgIpc) is 2.17. The number of hydrogen-bond donors (Lipinski definition) is 1. The maximum Gasteiger partial charge on any atom is 0.176 e. The van der Waals surface area contributed by atoms with Crippen LogP contribution in [0.5, 0.6) is 0 Å². The first-order valence-corrected chi connectivity index (χ1v) is 5.18. The van der Waals surface area contributed by atoms with E-state index in [1.165, 1.54) is 16.0 Å². The second kappa shape index (κ2) is 5.47. The van der Waals surface area contributed by atoms with Crippen LogP contribution in [0.3, 0.4) is 0 Å². The predicted octanol–water partition coefficient (Wildman–Crippen LogP) is 0.515. The molecule has 0 aromatic heterocycles. The Bertz CT molecular complexity index is 357. The molecule has 0 fully saturated rings. The summed E-state index contributed by atoms with van der Waals surface area (Å²) in [6, 6.07) is 10.4. The van der Waals surface area contributed by atoms with Gasteiger partial charge in [0, 0.05) is 0 Å². The van der Waals surface area contributed by atoms with Crippen LogP contribution < -0.4 is 4.90 Å². The largest absolute Gasteiger partial charge is 0.313 e. The second-order valence-corrected chi connectivity index (χ2v) is 4.14. The number of hydrogen-bond acceptors (Lipinski definition) is 0. The summed E-state index contributed by atoms with van der Waals surface area (Å²) in [5.74, 6) is 0. The van der Waals surface area contributed by atoms with Gasteiger partial charge >= 0.3 is 0 Å². The Hall–Kier alpha value is -1.41. The van der Waals surface area contributed by atoms with E-state index in [9.17, 15) is 0 Å². The SMILES string of the molecule is C[N+](C)=CC(=C[NH+](C)C)c1ccccc1. The molecule has 0 bridgehead atoms. The molecule has 0 radical (unpaired) electrons. The first-order valence-electron chi connectivity index (χ1n) is 5.18. The van der Waals surface area contributed by atoms with Gasteiger partial charge in [0.05, 0.1) is 19.7 Å². The molecule has 0 amide bonds. The minimum atomic E-state index is 1.25. The van der Waals surface area contributed by atoms with Crippen molar-refractivity contribution in [3.8, 4) is 0 Å². The van der Waals surface area contributed by atoms with E-state index in [1.54, 1.807) is 0 Å². The van der Waals surface area contributed by atoms with Crippen molar-refractivity contribution in [3.63, 3.8) is 0 Å². The number of nitrogens with one attached hydrogen (secondary N) is 1. The Kier molecular flexibility index (Phi) is 4.25. The summed E-state index contributed by atoms with van der Waals surface area (Å²) in [4.78, 5) is 1.31. The molecule has 2 heteroatoms. The zero-order chi connectivity index (χ0) is 11.3. The van der Waals surface area contributed by atoms with E-state index in [1.807, 2.05) is 20.2 Å². The number of quaternary nitrogens is 1. The van der Waals surface area contributed by atoms with E-state index >= 15 is 0 Å². The van der Waals surface area contributed by atoms with E-state index in [0.29, 0.717) is 0 Å². The monoisotopic (exact) mass is 204 g/mol. The van der Waals surface area contributed by atoms with E-state index in [2.05, 4.69) is 55.4 Å². The van der Waals surface area contributed by atoms with Crippen molar-refractivity contribution in [2.75, 3.05) is 28.2 Å². The molecule has 1 rings (SSSR count). The fourth-order valence-electron chi connectivity index (χ4n) is 1.41. The lowest BCUT2D eigenvalue weighted by molar-refractivity contribution is -0.800. The summed E-state index contributed by atoms with van der Waals surface area (Å²) in [7, 11) is 8.32. The number of nitrogens with zero attached hydrogens (tertiary/aromatic N) is 1. The third-order valence-corrected chi connectivity index (χ3v) is 1.95. The van der Waals surface area contributed by atoms with Crippen LogP contribution in [0.1, 0.15) is 5.56 Å². The van der Waals surface area contributed by atoms with E-state index < -0.39 is 0 Å². The Morgan fingerprint density at radius 3 is 2.20 bits per heavy atom. The number of benzene rings is 1. The molecule has 0 spiro atoms.